The summed E-state index contributed by atoms with van der Waals surface area (Å²) in [4.78, 5) is 36.8. The minimum Gasteiger partial charge on any atom is -0.355 e. The first-order valence-corrected chi connectivity index (χ1v) is 6.48. The quantitative estimate of drug-likeness (QED) is 0.747. The summed E-state index contributed by atoms with van der Waals surface area (Å²) in [5.74, 6) is -0.907. The Morgan fingerprint density at radius 3 is 2.30 bits per heavy atom. The Balaban J connectivity index is 1.94. The first-order chi connectivity index (χ1) is 9.50. The van der Waals surface area contributed by atoms with E-state index in [1.165, 1.54) is 0 Å². The van der Waals surface area contributed by atoms with Crippen LogP contribution in [0, 0.1) is 0 Å². The maximum atomic E-state index is 12.0. The third kappa shape index (κ3) is 2.85. The van der Waals surface area contributed by atoms with Crippen LogP contribution in [0.1, 0.15) is 34.1 Å². The number of rotatable bonds is 5. The molecule has 1 heterocycles. The fraction of sp³-hybridized carbons (Fsp3) is 0.357. The fourth-order valence-corrected chi connectivity index (χ4v) is 2.02. The average Bonchev–Trinajstić information content (AvgIpc) is 2.67. The first kappa shape index (κ1) is 14.2. The summed E-state index contributed by atoms with van der Waals surface area (Å²) in [6, 6.07) is 6.53. The van der Waals surface area contributed by atoms with Gasteiger partial charge >= 0.3 is 0 Å². The molecule has 2 rings (SSSR count). The fourth-order valence-electron chi connectivity index (χ4n) is 2.02. The van der Waals surface area contributed by atoms with Gasteiger partial charge in [0.15, 0.2) is 0 Å². The highest BCUT2D eigenvalue weighted by atomic mass is 16.2. The number of carbonyl (C=O) groups is 3. The van der Waals surface area contributed by atoms with Gasteiger partial charge in [0.1, 0.15) is 0 Å². The molecule has 6 nitrogen and oxygen atoms in total. The zero-order chi connectivity index (χ0) is 14.7. The molecule has 0 fully saturated rings. The summed E-state index contributed by atoms with van der Waals surface area (Å²) < 4.78 is 0. The SMILES string of the molecule is CC(N)CNC(=O)CCN1C(=O)c2ccccc2C1=O. The molecule has 3 amide bonds. The van der Waals surface area contributed by atoms with Crippen molar-refractivity contribution in [3.05, 3.63) is 35.4 Å². The molecule has 0 aromatic heterocycles. The maximum Gasteiger partial charge on any atom is 0.261 e. The molecule has 20 heavy (non-hydrogen) atoms. The zero-order valence-electron chi connectivity index (χ0n) is 11.3. The second-order valence-corrected chi connectivity index (χ2v) is 4.84. The van der Waals surface area contributed by atoms with Crippen molar-refractivity contribution in [1.29, 1.82) is 0 Å². The van der Waals surface area contributed by atoms with E-state index >= 15 is 0 Å². The summed E-state index contributed by atoms with van der Waals surface area (Å²) in [6.07, 6.45) is 0.0815. The number of nitrogens with zero attached hydrogens (tertiary/aromatic N) is 1. The van der Waals surface area contributed by atoms with E-state index in [4.69, 9.17) is 5.73 Å². The summed E-state index contributed by atoms with van der Waals surface area (Å²) in [5, 5.41) is 2.64. The monoisotopic (exact) mass is 275 g/mol. The lowest BCUT2D eigenvalue weighted by Crippen LogP contribution is -2.38. The molecule has 0 saturated carbocycles. The number of nitrogens with one attached hydrogen (secondary N) is 1. The van der Waals surface area contributed by atoms with Gasteiger partial charge in [0.25, 0.3) is 11.8 Å². The summed E-state index contributed by atoms with van der Waals surface area (Å²) >= 11 is 0. The summed E-state index contributed by atoms with van der Waals surface area (Å²) in [7, 11) is 0. The number of imide groups is 1. The minimum absolute atomic E-state index is 0.0805. The average molecular weight is 275 g/mol. The van der Waals surface area contributed by atoms with Gasteiger partial charge < -0.3 is 11.1 Å². The van der Waals surface area contributed by atoms with Crippen molar-refractivity contribution in [2.75, 3.05) is 13.1 Å². The molecule has 1 aliphatic rings. The lowest BCUT2D eigenvalue weighted by molar-refractivity contribution is -0.121. The zero-order valence-corrected chi connectivity index (χ0v) is 11.3. The van der Waals surface area contributed by atoms with E-state index in [1.807, 2.05) is 0 Å². The molecule has 6 heteroatoms. The molecule has 3 N–H and O–H groups in total. The van der Waals surface area contributed by atoms with Crippen LogP contribution in [0.5, 0.6) is 0 Å². The molecule has 1 unspecified atom stereocenters. The molecule has 0 radical (unpaired) electrons. The maximum absolute atomic E-state index is 12.0. The Morgan fingerprint density at radius 2 is 1.80 bits per heavy atom. The Bertz CT molecular complexity index is 519. The standard InChI is InChI=1S/C14H17N3O3/c1-9(15)8-16-12(18)6-7-17-13(19)10-4-2-3-5-11(10)14(17)20/h2-5,9H,6-8,15H2,1H3,(H,16,18). The molecular formula is C14H17N3O3. The van der Waals surface area contributed by atoms with Gasteiger partial charge in [-0.25, -0.2) is 0 Å². The number of carbonyl (C=O) groups excluding carboxylic acids is 3. The van der Waals surface area contributed by atoms with Gasteiger partial charge in [-0.1, -0.05) is 12.1 Å². The van der Waals surface area contributed by atoms with Crippen LogP contribution in [-0.2, 0) is 4.79 Å². The van der Waals surface area contributed by atoms with E-state index in [2.05, 4.69) is 5.32 Å². The Labute approximate surface area is 116 Å². The van der Waals surface area contributed by atoms with Crippen LogP contribution in [0.15, 0.2) is 24.3 Å². The smallest absolute Gasteiger partial charge is 0.261 e. The Hall–Kier alpha value is -2.21. The van der Waals surface area contributed by atoms with Gasteiger partial charge in [-0.15, -0.1) is 0 Å². The van der Waals surface area contributed by atoms with Crippen molar-refractivity contribution < 1.29 is 14.4 Å². The van der Waals surface area contributed by atoms with Crippen molar-refractivity contribution in [1.82, 2.24) is 10.2 Å². The normalized spacial score (nSPS) is 15.2. The molecule has 0 aliphatic carbocycles. The van der Waals surface area contributed by atoms with Crippen molar-refractivity contribution in [3.63, 3.8) is 0 Å². The van der Waals surface area contributed by atoms with Gasteiger partial charge in [0.05, 0.1) is 11.1 Å². The largest absolute Gasteiger partial charge is 0.355 e. The highest BCUT2D eigenvalue weighted by Crippen LogP contribution is 2.22. The van der Waals surface area contributed by atoms with Crippen LogP contribution in [0.4, 0.5) is 0 Å². The van der Waals surface area contributed by atoms with Crippen LogP contribution >= 0.6 is 0 Å². The van der Waals surface area contributed by atoms with Gasteiger partial charge in [-0.2, -0.15) is 0 Å². The molecule has 1 atom stereocenters. The molecule has 0 spiro atoms. The van der Waals surface area contributed by atoms with Crippen molar-refractivity contribution in [3.8, 4) is 0 Å². The number of benzene rings is 1. The lowest BCUT2D eigenvalue weighted by Gasteiger charge is -2.14. The van der Waals surface area contributed by atoms with Crippen molar-refractivity contribution in [2.45, 2.75) is 19.4 Å². The second kappa shape index (κ2) is 5.83. The van der Waals surface area contributed by atoms with E-state index < -0.39 is 0 Å². The van der Waals surface area contributed by atoms with Crippen molar-refractivity contribution >= 4 is 17.7 Å². The van der Waals surface area contributed by atoms with Gasteiger partial charge in [-0.3, -0.25) is 19.3 Å². The van der Waals surface area contributed by atoms with Gasteiger partial charge in [0, 0.05) is 25.6 Å². The first-order valence-electron chi connectivity index (χ1n) is 6.48. The third-order valence-electron chi connectivity index (χ3n) is 3.06. The van der Waals surface area contributed by atoms with E-state index in [1.54, 1.807) is 31.2 Å². The molecule has 0 bridgehead atoms. The van der Waals surface area contributed by atoms with Crippen LogP contribution < -0.4 is 11.1 Å². The Kier molecular flexibility index (Phi) is 4.14. The van der Waals surface area contributed by atoms with Crippen molar-refractivity contribution in [2.24, 2.45) is 5.73 Å². The number of nitrogens with two attached hydrogens (primary N) is 1. The number of amides is 3. The van der Waals surface area contributed by atoms with Crippen LogP contribution in [0.25, 0.3) is 0 Å². The number of hydrogen-bond donors (Lipinski definition) is 2. The lowest BCUT2D eigenvalue weighted by atomic mass is 10.1. The molecular weight excluding hydrogens is 258 g/mol. The predicted octanol–water partition coefficient (Wildman–Crippen LogP) is 0.136. The molecule has 106 valence electrons. The van der Waals surface area contributed by atoms with Crippen LogP contribution in [0.2, 0.25) is 0 Å². The van der Waals surface area contributed by atoms with E-state index in [0.717, 1.165) is 4.90 Å². The number of fused-ring (bicyclic) bond motifs is 1. The Morgan fingerprint density at radius 1 is 1.25 bits per heavy atom. The molecule has 1 aromatic carbocycles. The highest BCUT2D eigenvalue weighted by molar-refractivity contribution is 6.21. The van der Waals surface area contributed by atoms with Crippen LogP contribution in [0.3, 0.4) is 0 Å². The van der Waals surface area contributed by atoms with E-state index in [9.17, 15) is 14.4 Å². The predicted molar refractivity (Wildman–Crippen MR) is 73.1 cm³/mol. The van der Waals surface area contributed by atoms with E-state index in [-0.39, 0.29) is 36.7 Å². The highest BCUT2D eigenvalue weighted by Gasteiger charge is 2.34. The molecule has 1 aromatic rings. The topological polar surface area (TPSA) is 92.5 Å². The van der Waals surface area contributed by atoms with Gasteiger partial charge in [-0.05, 0) is 19.1 Å². The molecule has 1 aliphatic heterocycles. The third-order valence-corrected chi connectivity index (χ3v) is 3.06. The minimum atomic E-state index is -0.342. The summed E-state index contributed by atoms with van der Waals surface area (Å²) in [6.45, 7) is 2.24. The second-order valence-electron chi connectivity index (χ2n) is 4.84. The van der Waals surface area contributed by atoms with E-state index in [0.29, 0.717) is 17.7 Å². The molecule has 0 saturated heterocycles. The van der Waals surface area contributed by atoms with Crippen LogP contribution in [-0.4, -0.2) is 41.8 Å². The number of hydrogen-bond acceptors (Lipinski definition) is 4. The van der Waals surface area contributed by atoms with Gasteiger partial charge in [0.2, 0.25) is 5.91 Å². The summed E-state index contributed by atoms with van der Waals surface area (Å²) in [5.41, 5.74) is 6.32.